The second-order valence-electron chi connectivity index (χ2n) is 2.15. The zero-order chi connectivity index (χ0) is 8.69. The van der Waals surface area contributed by atoms with E-state index in [9.17, 15) is 0 Å². The summed E-state index contributed by atoms with van der Waals surface area (Å²) in [5.74, 6) is 0. The van der Waals surface area contributed by atoms with E-state index in [1.807, 2.05) is 13.8 Å². The predicted molar refractivity (Wildman–Crippen MR) is 50.0 cm³/mol. The van der Waals surface area contributed by atoms with E-state index in [1.54, 1.807) is 12.2 Å². The highest BCUT2D eigenvalue weighted by atomic mass is 35.5. The largest absolute Gasteiger partial charge is 0.473 e. The standard InChI is InChI=1S/C8H12Cl2O/c1-7(9)3-5-11-6-4-8(2)10/h3-8H,1-2H3/b5-3+,6-4+. The molecule has 0 rings (SSSR count). The average Bonchev–Trinajstić information content (AvgIpc) is 1.85. The second-order valence-corrected chi connectivity index (χ2v) is 3.53. The molecule has 0 aromatic carbocycles. The molecule has 64 valence electrons. The molecular formula is C8H12Cl2O. The molecule has 0 radical (unpaired) electrons. The van der Waals surface area contributed by atoms with Crippen molar-refractivity contribution in [1.29, 1.82) is 0 Å². The fourth-order valence-corrected chi connectivity index (χ4v) is 0.471. The predicted octanol–water partition coefficient (Wildman–Crippen LogP) is 3.29. The normalized spacial score (nSPS) is 17.5. The topological polar surface area (TPSA) is 9.23 Å². The smallest absolute Gasteiger partial charge is 0.0875 e. The van der Waals surface area contributed by atoms with E-state index in [2.05, 4.69) is 0 Å². The summed E-state index contributed by atoms with van der Waals surface area (Å²) in [7, 11) is 0. The van der Waals surface area contributed by atoms with Gasteiger partial charge in [-0.2, -0.15) is 0 Å². The molecule has 1 nitrogen and oxygen atoms in total. The van der Waals surface area contributed by atoms with Crippen LogP contribution in [0.3, 0.4) is 0 Å². The summed E-state index contributed by atoms with van der Waals surface area (Å²) in [5.41, 5.74) is 0. The highest BCUT2D eigenvalue weighted by molar-refractivity contribution is 6.21. The number of alkyl halides is 2. The van der Waals surface area contributed by atoms with Gasteiger partial charge in [0.05, 0.1) is 23.3 Å². The van der Waals surface area contributed by atoms with E-state index in [0.717, 1.165) is 0 Å². The second kappa shape index (κ2) is 6.56. The van der Waals surface area contributed by atoms with Crippen molar-refractivity contribution in [3.63, 3.8) is 0 Å². The van der Waals surface area contributed by atoms with Gasteiger partial charge in [0.2, 0.25) is 0 Å². The van der Waals surface area contributed by atoms with Crippen molar-refractivity contribution in [1.82, 2.24) is 0 Å². The molecule has 0 aliphatic carbocycles. The lowest BCUT2D eigenvalue weighted by Crippen LogP contribution is -1.83. The molecular weight excluding hydrogens is 183 g/mol. The van der Waals surface area contributed by atoms with Crippen molar-refractivity contribution in [2.24, 2.45) is 0 Å². The fourth-order valence-electron chi connectivity index (χ4n) is 0.353. The van der Waals surface area contributed by atoms with Gasteiger partial charge in [0.1, 0.15) is 0 Å². The zero-order valence-corrected chi connectivity index (χ0v) is 8.14. The molecule has 0 aromatic heterocycles. The quantitative estimate of drug-likeness (QED) is 0.494. The van der Waals surface area contributed by atoms with Crippen molar-refractivity contribution in [2.75, 3.05) is 0 Å². The molecule has 0 aliphatic heterocycles. The van der Waals surface area contributed by atoms with E-state index in [4.69, 9.17) is 27.9 Å². The van der Waals surface area contributed by atoms with E-state index >= 15 is 0 Å². The summed E-state index contributed by atoms with van der Waals surface area (Å²) >= 11 is 11.2. The molecule has 0 aliphatic rings. The zero-order valence-electron chi connectivity index (χ0n) is 6.63. The number of halogens is 2. The molecule has 0 fully saturated rings. The van der Waals surface area contributed by atoms with Gasteiger partial charge in [-0.3, -0.25) is 0 Å². The van der Waals surface area contributed by atoms with Crippen LogP contribution in [0.1, 0.15) is 13.8 Å². The van der Waals surface area contributed by atoms with Gasteiger partial charge in [0.15, 0.2) is 0 Å². The minimum atomic E-state index is -0.00294. The molecule has 11 heavy (non-hydrogen) atoms. The van der Waals surface area contributed by atoms with Crippen LogP contribution in [0.5, 0.6) is 0 Å². The summed E-state index contributed by atoms with van der Waals surface area (Å²) in [5, 5.41) is -0.00588. The van der Waals surface area contributed by atoms with E-state index < -0.39 is 0 Å². The molecule has 3 heteroatoms. The molecule has 0 saturated heterocycles. The lowest BCUT2D eigenvalue weighted by molar-refractivity contribution is 0.399. The van der Waals surface area contributed by atoms with Crippen LogP contribution in [0.4, 0.5) is 0 Å². The van der Waals surface area contributed by atoms with Crippen LogP contribution in [-0.2, 0) is 4.74 Å². The van der Waals surface area contributed by atoms with E-state index in [0.29, 0.717) is 0 Å². The molecule has 2 unspecified atom stereocenters. The van der Waals surface area contributed by atoms with Gasteiger partial charge < -0.3 is 4.74 Å². The Bertz CT molecular complexity index is 123. The molecule has 0 bridgehead atoms. The number of hydrogen-bond acceptors (Lipinski definition) is 1. The Morgan fingerprint density at radius 2 is 1.36 bits per heavy atom. The maximum Gasteiger partial charge on any atom is 0.0875 e. The lowest BCUT2D eigenvalue weighted by Gasteiger charge is -1.93. The lowest BCUT2D eigenvalue weighted by atomic mass is 10.5. The monoisotopic (exact) mass is 194 g/mol. The molecule has 0 aromatic rings. The molecule has 0 heterocycles. The Kier molecular flexibility index (Phi) is 6.48. The molecule has 0 amide bonds. The van der Waals surface area contributed by atoms with Crippen molar-refractivity contribution in [3.8, 4) is 0 Å². The first-order valence-corrected chi connectivity index (χ1v) is 4.27. The van der Waals surface area contributed by atoms with Crippen LogP contribution in [-0.4, -0.2) is 10.8 Å². The van der Waals surface area contributed by atoms with Gasteiger partial charge in [0, 0.05) is 0 Å². The Hall–Kier alpha value is -0.140. The maximum absolute atomic E-state index is 5.60. The van der Waals surface area contributed by atoms with E-state index in [1.165, 1.54) is 12.5 Å². The van der Waals surface area contributed by atoms with Crippen LogP contribution in [0.15, 0.2) is 24.7 Å². The summed E-state index contributed by atoms with van der Waals surface area (Å²) in [6.07, 6.45) is 6.55. The van der Waals surface area contributed by atoms with Crippen LogP contribution in [0.2, 0.25) is 0 Å². The summed E-state index contributed by atoms with van der Waals surface area (Å²) < 4.78 is 4.93. The van der Waals surface area contributed by atoms with Gasteiger partial charge in [-0.05, 0) is 26.0 Å². The van der Waals surface area contributed by atoms with Gasteiger partial charge >= 0.3 is 0 Å². The summed E-state index contributed by atoms with van der Waals surface area (Å²) in [6.45, 7) is 3.71. The first kappa shape index (κ1) is 10.9. The van der Waals surface area contributed by atoms with Crippen LogP contribution < -0.4 is 0 Å². The molecule has 0 N–H and O–H groups in total. The Morgan fingerprint density at radius 1 is 1.00 bits per heavy atom. The van der Waals surface area contributed by atoms with Crippen LogP contribution in [0.25, 0.3) is 0 Å². The highest BCUT2D eigenvalue weighted by Crippen LogP contribution is 1.97. The fraction of sp³-hybridized carbons (Fsp3) is 0.500. The van der Waals surface area contributed by atoms with Gasteiger partial charge in [-0.25, -0.2) is 0 Å². The number of hydrogen-bond donors (Lipinski definition) is 0. The number of ether oxygens (including phenoxy) is 1. The van der Waals surface area contributed by atoms with Crippen molar-refractivity contribution < 1.29 is 4.74 Å². The summed E-state index contributed by atoms with van der Waals surface area (Å²) in [6, 6.07) is 0. The van der Waals surface area contributed by atoms with Gasteiger partial charge in [-0.15, -0.1) is 23.2 Å². The minimum absolute atomic E-state index is 0.00294. The van der Waals surface area contributed by atoms with Crippen LogP contribution >= 0.6 is 23.2 Å². The summed E-state index contributed by atoms with van der Waals surface area (Å²) in [4.78, 5) is 0. The van der Waals surface area contributed by atoms with Gasteiger partial charge in [0.25, 0.3) is 0 Å². The number of rotatable bonds is 4. The molecule has 2 atom stereocenters. The SMILES string of the molecule is CC(Cl)/C=C/O/C=C/C(C)Cl. The van der Waals surface area contributed by atoms with Crippen LogP contribution in [0, 0.1) is 0 Å². The third-order valence-electron chi connectivity index (χ3n) is 0.845. The van der Waals surface area contributed by atoms with Crippen molar-refractivity contribution >= 4 is 23.2 Å². The average molecular weight is 195 g/mol. The highest BCUT2D eigenvalue weighted by Gasteiger charge is 1.85. The Morgan fingerprint density at radius 3 is 1.64 bits per heavy atom. The van der Waals surface area contributed by atoms with Crippen molar-refractivity contribution in [2.45, 2.75) is 24.6 Å². The van der Waals surface area contributed by atoms with E-state index in [-0.39, 0.29) is 10.8 Å². The third-order valence-corrected chi connectivity index (χ3v) is 1.14. The maximum atomic E-state index is 5.60. The molecule has 0 spiro atoms. The first-order chi connectivity index (χ1) is 5.13. The Labute approximate surface area is 77.6 Å². The van der Waals surface area contributed by atoms with Crippen molar-refractivity contribution in [3.05, 3.63) is 24.7 Å². The Balaban J connectivity index is 3.41. The molecule has 0 saturated carbocycles. The minimum Gasteiger partial charge on any atom is -0.473 e. The first-order valence-electron chi connectivity index (χ1n) is 3.40. The number of allylic oxidation sites excluding steroid dienone is 2. The van der Waals surface area contributed by atoms with Gasteiger partial charge in [-0.1, -0.05) is 0 Å². The third kappa shape index (κ3) is 9.86.